The number of Topliss-reactive ketones (excluding diaryl/α,β-unsaturated/α-hetero) is 1. The number of hydrogen-bond donors (Lipinski definition) is 1. The number of nitrogens with zero attached hydrogens (tertiary/aromatic N) is 3. The van der Waals surface area contributed by atoms with Gasteiger partial charge in [0.25, 0.3) is 5.91 Å². The molecule has 1 saturated heterocycles. The van der Waals surface area contributed by atoms with Crippen molar-refractivity contribution in [2.24, 2.45) is 0 Å². The van der Waals surface area contributed by atoms with E-state index in [1.807, 2.05) is 18.4 Å². The highest BCUT2D eigenvalue weighted by molar-refractivity contribution is 6.11. The summed E-state index contributed by atoms with van der Waals surface area (Å²) in [6.07, 6.45) is 1.55. The molecule has 8 heteroatoms. The first-order valence-corrected chi connectivity index (χ1v) is 10.2. The summed E-state index contributed by atoms with van der Waals surface area (Å²) in [5, 5.41) is 2.66. The van der Waals surface area contributed by atoms with Crippen LogP contribution in [0.3, 0.4) is 0 Å². The number of rotatable bonds is 6. The highest BCUT2D eigenvalue weighted by Crippen LogP contribution is 2.28. The highest BCUT2D eigenvalue weighted by Gasteiger charge is 2.50. The fourth-order valence-electron chi connectivity index (χ4n) is 4.00. The minimum atomic E-state index is -1.32. The number of ketones is 1. The van der Waals surface area contributed by atoms with E-state index in [4.69, 9.17) is 0 Å². The van der Waals surface area contributed by atoms with Gasteiger partial charge in [-0.05, 0) is 56.7 Å². The third-order valence-corrected chi connectivity index (χ3v) is 5.88. The van der Waals surface area contributed by atoms with Crippen LogP contribution in [-0.2, 0) is 16.9 Å². The lowest BCUT2D eigenvalue weighted by atomic mass is 9.97. The second-order valence-electron chi connectivity index (χ2n) is 8.08. The van der Waals surface area contributed by atoms with Gasteiger partial charge in [-0.1, -0.05) is 18.2 Å². The average molecular weight is 434 g/mol. The second kappa shape index (κ2) is 8.03. The Bertz CT molecular complexity index is 1200. The predicted octanol–water partition coefficient (Wildman–Crippen LogP) is 3.34. The van der Waals surface area contributed by atoms with Crippen molar-refractivity contribution in [1.82, 2.24) is 19.8 Å². The zero-order chi connectivity index (χ0) is 23.0. The van der Waals surface area contributed by atoms with Crippen molar-refractivity contribution in [3.8, 4) is 0 Å². The molecule has 0 aliphatic carbocycles. The third-order valence-electron chi connectivity index (χ3n) is 5.88. The van der Waals surface area contributed by atoms with Crippen molar-refractivity contribution >= 4 is 17.7 Å². The minimum absolute atomic E-state index is 0.308. The molecule has 164 valence electrons. The molecule has 3 heterocycles. The van der Waals surface area contributed by atoms with Crippen LogP contribution in [-0.4, -0.2) is 38.7 Å². The Morgan fingerprint density at radius 2 is 1.84 bits per heavy atom. The Hall–Kier alpha value is -3.81. The van der Waals surface area contributed by atoms with Crippen molar-refractivity contribution in [3.05, 3.63) is 88.8 Å². The van der Waals surface area contributed by atoms with Crippen LogP contribution in [0.25, 0.3) is 0 Å². The minimum Gasteiger partial charge on any atom is -0.344 e. The smallest absolute Gasteiger partial charge is 0.325 e. The van der Waals surface area contributed by atoms with Gasteiger partial charge in [0.1, 0.15) is 5.82 Å². The number of halogens is 1. The number of aryl methyl sites for hydroxylation is 1. The van der Waals surface area contributed by atoms with Gasteiger partial charge in [-0.2, -0.15) is 0 Å². The van der Waals surface area contributed by atoms with Crippen molar-refractivity contribution in [2.45, 2.75) is 32.9 Å². The van der Waals surface area contributed by atoms with Crippen LogP contribution >= 0.6 is 0 Å². The molecular weight excluding hydrogens is 411 g/mol. The van der Waals surface area contributed by atoms with E-state index in [1.165, 1.54) is 12.1 Å². The van der Waals surface area contributed by atoms with E-state index in [1.54, 1.807) is 49.5 Å². The number of hydrogen-bond acceptors (Lipinski definition) is 4. The lowest BCUT2D eigenvalue weighted by Crippen LogP contribution is -2.42. The first-order valence-electron chi connectivity index (χ1n) is 10.2. The first kappa shape index (κ1) is 21.4. The van der Waals surface area contributed by atoms with E-state index in [-0.39, 0.29) is 18.1 Å². The van der Waals surface area contributed by atoms with Gasteiger partial charge in [0.15, 0.2) is 11.3 Å². The van der Waals surface area contributed by atoms with Crippen LogP contribution in [0.15, 0.2) is 54.7 Å². The van der Waals surface area contributed by atoms with Gasteiger partial charge in [0, 0.05) is 29.7 Å². The SMILES string of the molecule is Cc1cc(C(=O)CN2C(=O)NC(C)(c3ccccn3)C2=O)c(C)n1Cc1ccc(F)cc1. The molecule has 1 unspecified atom stereocenters. The molecule has 1 aliphatic rings. The summed E-state index contributed by atoms with van der Waals surface area (Å²) >= 11 is 0. The molecule has 4 rings (SSSR count). The van der Waals surface area contributed by atoms with E-state index in [9.17, 15) is 18.8 Å². The maximum atomic E-state index is 13.2. The molecule has 3 amide bonds. The van der Waals surface area contributed by atoms with Crippen molar-refractivity contribution in [2.75, 3.05) is 6.54 Å². The van der Waals surface area contributed by atoms with Gasteiger partial charge < -0.3 is 9.88 Å². The summed E-state index contributed by atoms with van der Waals surface area (Å²) in [5.41, 5.74) is 2.00. The molecule has 1 aromatic carbocycles. The van der Waals surface area contributed by atoms with E-state index in [0.29, 0.717) is 17.8 Å². The maximum Gasteiger partial charge on any atom is 0.325 e. The normalized spacial score (nSPS) is 18.2. The molecule has 7 nitrogen and oxygen atoms in total. The standard InChI is InChI=1S/C24H23FN4O3/c1-15-12-19(16(2)28(15)13-17-7-9-18(25)10-8-17)20(30)14-29-22(31)24(3,27-23(29)32)21-6-4-5-11-26-21/h4-12H,13-14H2,1-3H3,(H,27,32). The zero-order valence-corrected chi connectivity index (χ0v) is 18.1. The molecule has 3 aromatic rings. The summed E-state index contributed by atoms with van der Waals surface area (Å²) in [6.45, 7) is 5.38. The Morgan fingerprint density at radius 3 is 2.50 bits per heavy atom. The highest BCUT2D eigenvalue weighted by atomic mass is 19.1. The number of urea groups is 1. The predicted molar refractivity (Wildman–Crippen MR) is 116 cm³/mol. The second-order valence-corrected chi connectivity index (χ2v) is 8.08. The monoisotopic (exact) mass is 434 g/mol. The van der Waals surface area contributed by atoms with Crippen LogP contribution in [0, 0.1) is 19.7 Å². The Balaban J connectivity index is 1.55. The van der Waals surface area contributed by atoms with E-state index < -0.39 is 17.5 Å². The van der Waals surface area contributed by atoms with Crippen LogP contribution < -0.4 is 5.32 Å². The molecule has 1 fully saturated rings. The van der Waals surface area contributed by atoms with Gasteiger partial charge in [-0.25, -0.2) is 9.18 Å². The number of carbonyl (C=O) groups is 3. The van der Waals surface area contributed by atoms with Gasteiger partial charge in [0.05, 0.1) is 12.2 Å². The first-order chi connectivity index (χ1) is 15.2. The largest absolute Gasteiger partial charge is 0.344 e. The number of pyridine rings is 1. The number of benzene rings is 1. The summed E-state index contributed by atoms with van der Waals surface area (Å²) in [6, 6.07) is 12.4. The van der Waals surface area contributed by atoms with Gasteiger partial charge in [0.2, 0.25) is 0 Å². The van der Waals surface area contributed by atoms with Crippen LogP contribution in [0.2, 0.25) is 0 Å². The van der Waals surface area contributed by atoms with E-state index in [0.717, 1.165) is 21.9 Å². The molecule has 0 spiro atoms. The van der Waals surface area contributed by atoms with Crippen molar-refractivity contribution in [3.63, 3.8) is 0 Å². The summed E-state index contributed by atoms with van der Waals surface area (Å²) in [7, 11) is 0. The molecule has 1 atom stereocenters. The van der Waals surface area contributed by atoms with Gasteiger partial charge in [-0.3, -0.25) is 19.5 Å². The molecule has 1 aliphatic heterocycles. The Labute approximate surface area is 184 Å². The van der Waals surface area contributed by atoms with E-state index >= 15 is 0 Å². The van der Waals surface area contributed by atoms with Crippen LogP contribution in [0.5, 0.6) is 0 Å². The number of nitrogens with one attached hydrogen (secondary N) is 1. The van der Waals surface area contributed by atoms with Crippen LogP contribution in [0.4, 0.5) is 9.18 Å². The quantitative estimate of drug-likeness (QED) is 0.476. The fourth-order valence-corrected chi connectivity index (χ4v) is 4.00. The summed E-state index contributed by atoms with van der Waals surface area (Å²) < 4.78 is 15.1. The zero-order valence-electron chi connectivity index (χ0n) is 18.1. The lowest BCUT2D eigenvalue weighted by Gasteiger charge is -2.20. The molecule has 0 saturated carbocycles. The lowest BCUT2D eigenvalue weighted by molar-refractivity contribution is -0.130. The number of amides is 3. The van der Waals surface area contributed by atoms with Gasteiger partial charge >= 0.3 is 6.03 Å². The molecule has 0 bridgehead atoms. The molecule has 32 heavy (non-hydrogen) atoms. The maximum absolute atomic E-state index is 13.2. The molecule has 2 aromatic heterocycles. The van der Waals surface area contributed by atoms with Gasteiger partial charge in [-0.15, -0.1) is 0 Å². The molecule has 0 radical (unpaired) electrons. The third kappa shape index (κ3) is 3.68. The molecule has 1 N–H and O–H groups in total. The molecular formula is C24H23FN4O3. The summed E-state index contributed by atoms with van der Waals surface area (Å²) in [5.74, 6) is -1.16. The Kier molecular flexibility index (Phi) is 5.38. The number of imide groups is 1. The number of carbonyl (C=O) groups excluding carboxylic acids is 3. The fraction of sp³-hybridized carbons (Fsp3) is 0.250. The summed E-state index contributed by atoms with van der Waals surface area (Å²) in [4.78, 5) is 43.8. The average Bonchev–Trinajstić information content (AvgIpc) is 3.18. The topological polar surface area (TPSA) is 84.3 Å². The Morgan fingerprint density at radius 1 is 1.12 bits per heavy atom. The number of aromatic nitrogens is 2. The van der Waals surface area contributed by atoms with Crippen molar-refractivity contribution in [1.29, 1.82) is 0 Å². The van der Waals surface area contributed by atoms with Crippen LogP contribution in [0.1, 0.15) is 39.9 Å². The van der Waals surface area contributed by atoms with Crippen molar-refractivity contribution < 1.29 is 18.8 Å². The van der Waals surface area contributed by atoms with E-state index in [2.05, 4.69) is 10.3 Å².